The Morgan fingerprint density at radius 3 is 2.29 bits per heavy atom. The molecule has 0 saturated carbocycles. The van der Waals surface area contributed by atoms with Crippen molar-refractivity contribution in [2.45, 2.75) is 6.04 Å². The smallest absolute Gasteiger partial charge is 0.194 e. The van der Waals surface area contributed by atoms with E-state index in [1.54, 1.807) is 18.2 Å². The van der Waals surface area contributed by atoms with E-state index in [1.807, 2.05) is 0 Å². The molecule has 0 aliphatic carbocycles. The topological polar surface area (TPSA) is 32.3 Å². The maximum atomic E-state index is 13.2. The zero-order valence-electron chi connectivity index (χ0n) is 10.5. The van der Waals surface area contributed by atoms with Crippen molar-refractivity contribution in [2.24, 2.45) is 0 Å². The second-order valence-corrected chi connectivity index (χ2v) is 5.57. The number of benzene rings is 2. The number of aliphatic hydroxyl groups excluding tert-OH is 1. The second kappa shape index (κ2) is 6.68. The number of hydrogen-bond acceptors (Lipinski definition) is 2. The largest absolute Gasteiger partial charge is 0.394 e. The van der Waals surface area contributed by atoms with Crippen LogP contribution in [0.25, 0.3) is 0 Å². The molecule has 0 radical (unpaired) electrons. The average molecular weight is 381 g/mol. The van der Waals surface area contributed by atoms with Crippen LogP contribution in [0, 0.1) is 17.5 Å². The first-order valence-corrected chi connectivity index (χ1v) is 7.06. The molecule has 1 atom stereocenters. The summed E-state index contributed by atoms with van der Waals surface area (Å²) in [5, 5.41) is 12.8. The van der Waals surface area contributed by atoms with Gasteiger partial charge in [0.2, 0.25) is 0 Å². The highest BCUT2D eigenvalue weighted by atomic mass is 79.9. The Bertz CT molecular complexity index is 646. The van der Waals surface area contributed by atoms with Crippen LogP contribution in [-0.4, -0.2) is 11.7 Å². The number of hydrogen-bond donors (Lipinski definition) is 2. The van der Waals surface area contributed by atoms with Crippen molar-refractivity contribution in [3.8, 4) is 0 Å². The molecule has 0 bridgehead atoms. The van der Waals surface area contributed by atoms with E-state index in [9.17, 15) is 18.3 Å². The Labute approximate surface area is 132 Å². The molecule has 2 N–H and O–H groups in total. The van der Waals surface area contributed by atoms with Gasteiger partial charge in [0, 0.05) is 10.2 Å². The van der Waals surface area contributed by atoms with E-state index < -0.39 is 30.1 Å². The van der Waals surface area contributed by atoms with Crippen LogP contribution in [0.15, 0.2) is 34.8 Å². The van der Waals surface area contributed by atoms with Crippen LogP contribution >= 0.6 is 27.5 Å². The third kappa shape index (κ3) is 3.70. The van der Waals surface area contributed by atoms with E-state index in [1.165, 1.54) is 0 Å². The van der Waals surface area contributed by atoms with Crippen LogP contribution in [0.2, 0.25) is 5.02 Å². The van der Waals surface area contributed by atoms with E-state index in [-0.39, 0.29) is 5.56 Å². The van der Waals surface area contributed by atoms with Gasteiger partial charge in [-0.25, -0.2) is 13.2 Å². The summed E-state index contributed by atoms with van der Waals surface area (Å²) in [5.74, 6) is -4.14. The van der Waals surface area contributed by atoms with Crippen molar-refractivity contribution in [1.82, 2.24) is 0 Å². The maximum absolute atomic E-state index is 13.2. The van der Waals surface area contributed by atoms with Crippen molar-refractivity contribution < 1.29 is 18.3 Å². The van der Waals surface area contributed by atoms with Gasteiger partial charge in [-0.05, 0) is 51.8 Å². The van der Waals surface area contributed by atoms with Gasteiger partial charge < -0.3 is 10.4 Å². The first-order valence-electron chi connectivity index (χ1n) is 5.89. The third-order valence-electron chi connectivity index (χ3n) is 2.85. The van der Waals surface area contributed by atoms with E-state index in [2.05, 4.69) is 21.2 Å². The summed E-state index contributed by atoms with van der Waals surface area (Å²) in [7, 11) is 0. The molecule has 2 aromatic carbocycles. The first-order chi connectivity index (χ1) is 9.92. The van der Waals surface area contributed by atoms with Gasteiger partial charge in [-0.1, -0.05) is 11.6 Å². The Hall–Kier alpha value is -1.24. The summed E-state index contributed by atoms with van der Waals surface area (Å²) >= 11 is 9.11. The van der Waals surface area contributed by atoms with Gasteiger partial charge in [0.15, 0.2) is 17.5 Å². The molecule has 0 fully saturated rings. The molecule has 7 heteroatoms. The fourth-order valence-electron chi connectivity index (χ4n) is 1.80. The molecule has 0 amide bonds. The summed E-state index contributed by atoms with van der Waals surface area (Å²) < 4.78 is 40.1. The number of aliphatic hydroxyl groups is 1. The predicted octanol–water partition coefficient (Wildman–Crippen LogP) is 4.67. The Morgan fingerprint density at radius 1 is 1.14 bits per heavy atom. The lowest BCUT2D eigenvalue weighted by molar-refractivity contribution is 0.275. The third-order valence-corrected chi connectivity index (χ3v) is 4.07. The average Bonchev–Trinajstić information content (AvgIpc) is 2.45. The fourth-order valence-corrected chi connectivity index (χ4v) is 2.29. The highest BCUT2D eigenvalue weighted by Crippen LogP contribution is 2.28. The van der Waals surface area contributed by atoms with Crippen LogP contribution < -0.4 is 5.32 Å². The number of halogens is 5. The van der Waals surface area contributed by atoms with Gasteiger partial charge in [-0.2, -0.15) is 0 Å². The molecule has 2 nitrogen and oxygen atoms in total. The Balaban J connectivity index is 2.29. The van der Waals surface area contributed by atoms with Crippen LogP contribution in [-0.2, 0) is 0 Å². The molecule has 0 aliphatic heterocycles. The maximum Gasteiger partial charge on any atom is 0.194 e. The minimum absolute atomic E-state index is 0.0972. The minimum atomic E-state index is -1.54. The van der Waals surface area contributed by atoms with E-state index in [0.717, 1.165) is 12.1 Å². The molecule has 0 aromatic heterocycles. The summed E-state index contributed by atoms with van der Waals surface area (Å²) in [6.07, 6.45) is 0. The van der Waals surface area contributed by atoms with Crippen molar-refractivity contribution in [1.29, 1.82) is 0 Å². The van der Waals surface area contributed by atoms with Gasteiger partial charge in [-0.15, -0.1) is 0 Å². The summed E-state index contributed by atoms with van der Waals surface area (Å²) in [4.78, 5) is 0. The van der Waals surface area contributed by atoms with Gasteiger partial charge >= 0.3 is 0 Å². The van der Waals surface area contributed by atoms with Gasteiger partial charge in [0.1, 0.15) is 0 Å². The molecule has 1 unspecified atom stereocenters. The normalized spacial score (nSPS) is 12.3. The highest BCUT2D eigenvalue weighted by molar-refractivity contribution is 9.10. The number of anilines is 1. The van der Waals surface area contributed by atoms with Crippen LogP contribution in [0.1, 0.15) is 11.6 Å². The lowest BCUT2D eigenvalue weighted by Gasteiger charge is -2.19. The molecule has 112 valence electrons. The predicted molar refractivity (Wildman–Crippen MR) is 78.9 cm³/mol. The number of rotatable bonds is 4. The van der Waals surface area contributed by atoms with Gasteiger partial charge in [-0.3, -0.25) is 0 Å². The molecule has 2 aromatic rings. The summed E-state index contributed by atoms with van der Waals surface area (Å²) in [5.41, 5.74) is 0.676. The Kier molecular flexibility index (Phi) is 5.13. The fraction of sp³-hybridized carbons (Fsp3) is 0.143. The van der Waals surface area contributed by atoms with Gasteiger partial charge in [0.05, 0.1) is 17.7 Å². The number of nitrogens with one attached hydrogen (secondary N) is 1. The standard InChI is InChI=1S/C14H10BrClF3NO/c15-9-5-8(1-2-10(9)16)20-13(6-21)7-3-11(17)14(19)12(18)4-7/h1-5,13,20-21H,6H2. The van der Waals surface area contributed by atoms with Crippen LogP contribution in [0.5, 0.6) is 0 Å². The van der Waals surface area contributed by atoms with Crippen molar-refractivity contribution in [2.75, 3.05) is 11.9 Å². The van der Waals surface area contributed by atoms with E-state index >= 15 is 0 Å². The zero-order valence-corrected chi connectivity index (χ0v) is 12.9. The molecular weight excluding hydrogens is 371 g/mol. The zero-order chi connectivity index (χ0) is 15.6. The highest BCUT2D eigenvalue weighted by Gasteiger charge is 2.17. The minimum Gasteiger partial charge on any atom is -0.394 e. The monoisotopic (exact) mass is 379 g/mol. The molecule has 21 heavy (non-hydrogen) atoms. The van der Waals surface area contributed by atoms with Crippen molar-refractivity contribution in [3.05, 3.63) is 62.8 Å². The second-order valence-electron chi connectivity index (χ2n) is 4.31. The lowest BCUT2D eigenvalue weighted by Crippen LogP contribution is -2.16. The van der Waals surface area contributed by atoms with E-state index in [0.29, 0.717) is 15.2 Å². The molecule has 0 spiro atoms. The first kappa shape index (κ1) is 16.1. The molecule has 0 saturated heterocycles. The quantitative estimate of drug-likeness (QED) is 0.756. The van der Waals surface area contributed by atoms with Crippen molar-refractivity contribution >= 4 is 33.2 Å². The lowest BCUT2D eigenvalue weighted by atomic mass is 10.1. The van der Waals surface area contributed by atoms with Crippen molar-refractivity contribution in [3.63, 3.8) is 0 Å². The van der Waals surface area contributed by atoms with Gasteiger partial charge in [0.25, 0.3) is 0 Å². The Morgan fingerprint density at radius 2 is 1.76 bits per heavy atom. The SMILES string of the molecule is OCC(Nc1ccc(Cl)c(Br)c1)c1cc(F)c(F)c(F)c1. The van der Waals surface area contributed by atoms with Crippen LogP contribution in [0.4, 0.5) is 18.9 Å². The molecule has 0 heterocycles. The summed E-state index contributed by atoms with van der Waals surface area (Å²) in [6.45, 7) is -0.426. The molecule has 0 aliphatic rings. The van der Waals surface area contributed by atoms with Crippen LogP contribution in [0.3, 0.4) is 0 Å². The molecular formula is C14H10BrClF3NO. The molecule has 2 rings (SSSR count). The van der Waals surface area contributed by atoms with E-state index in [4.69, 9.17) is 11.6 Å². The summed E-state index contributed by atoms with van der Waals surface area (Å²) in [6, 6.07) is 5.82.